The van der Waals surface area contributed by atoms with Crippen LogP contribution in [0.1, 0.15) is 0 Å². The standard InChI is InChI=1S/C6H7O3P.Sn/c7-10(8,9)6-4-2-1-3-5-6;/h1-5H,(H2,7,8,9);. The molecular weight excluding hydrogens is 270 g/mol. The largest absolute Gasteiger partial charge is 0.356 e. The van der Waals surface area contributed by atoms with E-state index in [4.69, 9.17) is 9.79 Å². The Balaban J connectivity index is 0.000001000. The van der Waals surface area contributed by atoms with Gasteiger partial charge in [-0.3, -0.25) is 4.57 Å². The van der Waals surface area contributed by atoms with Crippen molar-refractivity contribution in [3.05, 3.63) is 30.3 Å². The maximum absolute atomic E-state index is 10.5. The molecule has 11 heavy (non-hydrogen) atoms. The maximum atomic E-state index is 10.5. The molecule has 0 saturated carbocycles. The summed E-state index contributed by atoms with van der Waals surface area (Å²) in [6, 6.07) is 7.70. The molecule has 0 aliphatic heterocycles. The molecule has 0 spiro atoms. The van der Waals surface area contributed by atoms with E-state index in [-0.39, 0.29) is 29.2 Å². The Bertz CT molecular complexity index is 256. The first-order valence-electron chi connectivity index (χ1n) is 2.72. The Morgan fingerprint density at radius 2 is 1.55 bits per heavy atom. The first-order chi connectivity index (χ1) is 4.61. The van der Waals surface area contributed by atoms with Gasteiger partial charge < -0.3 is 9.79 Å². The third kappa shape index (κ3) is 3.38. The van der Waals surface area contributed by atoms with Gasteiger partial charge in [-0.25, -0.2) is 0 Å². The van der Waals surface area contributed by atoms with E-state index in [0.717, 1.165) is 0 Å². The fourth-order valence-corrected chi connectivity index (χ4v) is 1.18. The average Bonchev–Trinajstić information content (AvgIpc) is 1.88. The van der Waals surface area contributed by atoms with E-state index in [1.54, 1.807) is 18.2 Å². The van der Waals surface area contributed by atoms with Gasteiger partial charge in [0.1, 0.15) is 0 Å². The summed E-state index contributed by atoms with van der Waals surface area (Å²) in [7, 11) is -4.02. The van der Waals surface area contributed by atoms with Crippen molar-refractivity contribution in [3.8, 4) is 0 Å². The van der Waals surface area contributed by atoms with Gasteiger partial charge in [0, 0.05) is 23.9 Å². The SMILES string of the molecule is O=P(O)(O)c1ccccc1.[Sn]. The van der Waals surface area contributed by atoms with Crippen molar-refractivity contribution in [1.29, 1.82) is 0 Å². The van der Waals surface area contributed by atoms with E-state index in [1.807, 2.05) is 0 Å². The van der Waals surface area contributed by atoms with E-state index in [0.29, 0.717) is 0 Å². The van der Waals surface area contributed by atoms with Crippen molar-refractivity contribution in [2.45, 2.75) is 0 Å². The van der Waals surface area contributed by atoms with Crippen molar-refractivity contribution < 1.29 is 14.4 Å². The number of hydrogen-bond acceptors (Lipinski definition) is 1. The molecule has 3 nitrogen and oxygen atoms in total. The quantitative estimate of drug-likeness (QED) is 0.565. The fourth-order valence-electron chi connectivity index (χ4n) is 0.622. The van der Waals surface area contributed by atoms with Crippen molar-refractivity contribution in [1.82, 2.24) is 0 Å². The molecule has 0 bridgehead atoms. The molecule has 1 aromatic rings. The second-order valence-electron chi connectivity index (χ2n) is 1.88. The molecule has 0 aliphatic rings. The molecule has 0 saturated heterocycles. The second kappa shape index (κ2) is 4.26. The normalized spacial score (nSPS) is 10.4. The number of benzene rings is 1. The summed E-state index contributed by atoms with van der Waals surface area (Å²) in [5.74, 6) is 0. The Hall–Kier alpha value is 0.169. The van der Waals surface area contributed by atoms with E-state index >= 15 is 0 Å². The Labute approximate surface area is 81.6 Å². The zero-order valence-corrected chi connectivity index (χ0v) is 9.39. The molecule has 1 aromatic carbocycles. The van der Waals surface area contributed by atoms with Crippen molar-refractivity contribution in [2.24, 2.45) is 0 Å². The van der Waals surface area contributed by atoms with Crippen LogP contribution < -0.4 is 5.30 Å². The molecule has 4 radical (unpaired) electrons. The second-order valence-corrected chi connectivity index (χ2v) is 3.48. The Morgan fingerprint density at radius 3 is 1.82 bits per heavy atom. The van der Waals surface area contributed by atoms with Gasteiger partial charge in [-0.05, 0) is 12.1 Å². The van der Waals surface area contributed by atoms with Gasteiger partial charge in [0.2, 0.25) is 0 Å². The fraction of sp³-hybridized carbons (Fsp3) is 0. The van der Waals surface area contributed by atoms with Crippen LogP contribution in [0.4, 0.5) is 0 Å². The molecule has 0 amide bonds. The van der Waals surface area contributed by atoms with E-state index in [9.17, 15) is 4.57 Å². The van der Waals surface area contributed by atoms with E-state index in [1.165, 1.54) is 12.1 Å². The average molecular weight is 277 g/mol. The summed E-state index contributed by atoms with van der Waals surface area (Å²) in [4.78, 5) is 17.2. The van der Waals surface area contributed by atoms with Gasteiger partial charge >= 0.3 is 7.60 Å². The van der Waals surface area contributed by atoms with Gasteiger partial charge in [0.05, 0.1) is 5.30 Å². The van der Waals surface area contributed by atoms with Crippen LogP contribution >= 0.6 is 7.60 Å². The minimum Gasteiger partial charge on any atom is -0.321 e. The number of hydrogen-bond donors (Lipinski definition) is 2. The Kier molecular flexibility index (Phi) is 4.32. The molecule has 58 valence electrons. The summed E-state index contributed by atoms with van der Waals surface area (Å²) >= 11 is 0. The molecule has 5 heteroatoms. The number of rotatable bonds is 1. The summed E-state index contributed by atoms with van der Waals surface area (Å²) in [5.41, 5.74) is 0. The van der Waals surface area contributed by atoms with Crippen LogP contribution in [0.15, 0.2) is 30.3 Å². The van der Waals surface area contributed by atoms with Crippen LogP contribution in [0.25, 0.3) is 0 Å². The molecule has 0 unspecified atom stereocenters. The van der Waals surface area contributed by atoms with Crippen LogP contribution in [0, 0.1) is 0 Å². The molecule has 0 heterocycles. The summed E-state index contributed by atoms with van der Waals surface area (Å²) in [6.07, 6.45) is 0. The van der Waals surface area contributed by atoms with Crippen LogP contribution in [0.5, 0.6) is 0 Å². The predicted molar refractivity (Wildman–Crippen MR) is 43.9 cm³/mol. The van der Waals surface area contributed by atoms with Gasteiger partial charge in [0.15, 0.2) is 0 Å². The van der Waals surface area contributed by atoms with Crippen molar-refractivity contribution in [3.63, 3.8) is 0 Å². The summed E-state index contributed by atoms with van der Waals surface area (Å²) < 4.78 is 10.5. The van der Waals surface area contributed by atoms with Crippen LogP contribution in [-0.4, -0.2) is 33.7 Å². The van der Waals surface area contributed by atoms with Crippen LogP contribution in [0.3, 0.4) is 0 Å². The summed E-state index contributed by atoms with van der Waals surface area (Å²) in [6.45, 7) is 0. The minimum absolute atomic E-state index is 0. The van der Waals surface area contributed by atoms with Gasteiger partial charge in [-0.1, -0.05) is 18.2 Å². The zero-order chi connectivity index (χ0) is 7.61. The topological polar surface area (TPSA) is 57.5 Å². The first kappa shape index (κ1) is 11.2. The Morgan fingerprint density at radius 1 is 1.09 bits per heavy atom. The summed E-state index contributed by atoms with van der Waals surface area (Å²) in [5, 5.41) is 0.0648. The van der Waals surface area contributed by atoms with Crippen molar-refractivity contribution >= 4 is 36.8 Å². The zero-order valence-electron chi connectivity index (χ0n) is 5.64. The maximum Gasteiger partial charge on any atom is 0.356 e. The molecule has 2 N–H and O–H groups in total. The minimum atomic E-state index is -4.02. The molecule has 0 aliphatic carbocycles. The van der Waals surface area contributed by atoms with Gasteiger partial charge in [0.25, 0.3) is 0 Å². The van der Waals surface area contributed by atoms with Gasteiger partial charge in [-0.15, -0.1) is 0 Å². The molecule has 0 fully saturated rings. The van der Waals surface area contributed by atoms with E-state index in [2.05, 4.69) is 0 Å². The predicted octanol–water partition coefficient (Wildman–Crippen LogP) is 0.109. The first-order valence-corrected chi connectivity index (χ1v) is 4.33. The third-order valence-corrected chi connectivity index (χ3v) is 2.06. The molecular formula is C6H7O3PSn. The van der Waals surface area contributed by atoms with E-state index < -0.39 is 7.60 Å². The van der Waals surface area contributed by atoms with Crippen LogP contribution in [0.2, 0.25) is 0 Å². The molecule has 1 rings (SSSR count). The van der Waals surface area contributed by atoms with Crippen molar-refractivity contribution in [2.75, 3.05) is 0 Å². The molecule has 0 atom stereocenters. The van der Waals surface area contributed by atoms with Crippen LogP contribution in [-0.2, 0) is 4.57 Å². The molecule has 0 aromatic heterocycles. The third-order valence-electron chi connectivity index (χ3n) is 1.09. The van der Waals surface area contributed by atoms with Gasteiger partial charge in [-0.2, -0.15) is 0 Å². The smallest absolute Gasteiger partial charge is 0.321 e. The monoisotopic (exact) mass is 278 g/mol.